The average Bonchev–Trinajstić information content (AvgIpc) is 3.22. The van der Waals surface area contributed by atoms with Gasteiger partial charge in [-0.05, 0) is 32.0 Å². The maximum Gasteiger partial charge on any atom is 0.302 e. The second kappa shape index (κ2) is 6.21. The van der Waals surface area contributed by atoms with Crippen LogP contribution in [0.3, 0.4) is 0 Å². The lowest BCUT2D eigenvalue weighted by molar-refractivity contribution is 0.102. The molecular formula is C17H15N3O4S. The molecule has 7 nitrogen and oxygen atoms in total. The Morgan fingerprint density at radius 2 is 1.96 bits per heavy atom. The summed E-state index contributed by atoms with van der Waals surface area (Å²) in [5.41, 5.74) is 1.92. The molecular weight excluding hydrogens is 342 g/mol. The number of hydrogen-bond donors (Lipinski definition) is 1. The quantitative estimate of drug-likeness (QED) is 0.773. The third-order valence-electron chi connectivity index (χ3n) is 3.77. The lowest BCUT2D eigenvalue weighted by Gasteiger charge is -2.18. The Morgan fingerprint density at radius 1 is 1.16 bits per heavy atom. The molecule has 1 aliphatic rings. The van der Waals surface area contributed by atoms with Crippen LogP contribution in [0.1, 0.15) is 21.9 Å². The van der Waals surface area contributed by atoms with Gasteiger partial charge in [-0.25, -0.2) is 4.98 Å². The van der Waals surface area contributed by atoms with Crippen LogP contribution in [0.5, 0.6) is 11.5 Å². The summed E-state index contributed by atoms with van der Waals surface area (Å²) in [4.78, 5) is 20.8. The zero-order chi connectivity index (χ0) is 17.4. The van der Waals surface area contributed by atoms with E-state index in [2.05, 4.69) is 15.3 Å². The molecule has 1 N–H and O–H groups in total. The first-order valence-electron chi connectivity index (χ1n) is 7.71. The van der Waals surface area contributed by atoms with Gasteiger partial charge in [-0.2, -0.15) is 4.98 Å². The zero-order valence-corrected chi connectivity index (χ0v) is 14.5. The Bertz CT molecular complexity index is 928. The number of nitrogens with one attached hydrogen (secondary N) is 1. The van der Waals surface area contributed by atoms with E-state index in [1.807, 2.05) is 25.1 Å². The first-order chi connectivity index (χ1) is 12.1. The zero-order valence-electron chi connectivity index (χ0n) is 13.7. The van der Waals surface area contributed by atoms with Crippen LogP contribution >= 0.6 is 11.3 Å². The maximum atomic E-state index is 12.3. The highest BCUT2D eigenvalue weighted by molar-refractivity contribution is 7.13. The molecule has 0 spiro atoms. The molecule has 1 aliphatic heterocycles. The standard InChI is InChI=1S/C17H15N3O4S/c1-9-10(2)24-17(18-9)20-15(21)12-8-25-16(19-12)11-3-4-13-14(7-11)23-6-5-22-13/h3-4,7-8H,5-6H2,1-2H3,(H,18,20,21). The summed E-state index contributed by atoms with van der Waals surface area (Å²) in [7, 11) is 0. The molecule has 0 atom stereocenters. The number of carbonyl (C=O) groups excluding carboxylic acids is 1. The number of carbonyl (C=O) groups is 1. The first-order valence-corrected chi connectivity index (χ1v) is 8.59. The molecule has 3 aromatic rings. The molecule has 0 radical (unpaired) electrons. The van der Waals surface area contributed by atoms with Crippen molar-refractivity contribution < 1.29 is 18.7 Å². The van der Waals surface area contributed by atoms with Crippen LogP contribution in [-0.4, -0.2) is 29.1 Å². The number of anilines is 1. The van der Waals surface area contributed by atoms with Gasteiger partial charge in [0.1, 0.15) is 29.7 Å². The van der Waals surface area contributed by atoms with Crippen molar-refractivity contribution in [1.82, 2.24) is 9.97 Å². The maximum absolute atomic E-state index is 12.3. The van der Waals surface area contributed by atoms with Gasteiger partial charge in [0.15, 0.2) is 11.5 Å². The number of thiazole rings is 1. The minimum absolute atomic E-state index is 0.175. The highest BCUT2D eigenvalue weighted by Crippen LogP contribution is 2.35. The third kappa shape index (κ3) is 3.08. The number of ether oxygens (including phenoxy) is 2. The van der Waals surface area contributed by atoms with Crippen LogP contribution in [0.2, 0.25) is 0 Å². The molecule has 0 fully saturated rings. The van der Waals surface area contributed by atoms with E-state index in [-0.39, 0.29) is 11.9 Å². The Kier molecular flexibility index (Phi) is 3.89. The SMILES string of the molecule is Cc1nc(NC(=O)c2csc(-c3ccc4c(c3)OCCO4)n2)oc1C. The fourth-order valence-electron chi connectivity index (χ4n) is 2.37. The highest BCUT2D eigenvalue weighted by Gasteiger charge is 2.17. The van der Waals surface area contributed by atoms with Crippen molar-refractivity contribution in [2.45, 2.75) is 13.8 Å². The summed E-state index contributed by atoms with van der Waals surface area (Å²) in [6, 6.07) is 5.79. The van der Waals surface area contributed by atoms with E-state index in [0.29, 0.717) is 30.4 Å². The molecule has 0 bridgehead atoms. The van der Waals surface area contributed by atoms with Crippen molar-refractivity contribution in [2.24, 2.45) is 0 Å². The smallest absolute Gasteiger partial charge is 0.302 e. The number of aromatic nitrogens is 2. The second-order valence-electron chi connectivity index (χ2n) is 5.51. The number of hydrogen-bond acceptors (Lipinski definition) is 7. The van der Waals surface area contributed by atoms with E-state index < -0.39 is 0 Å². The largest absolute Gasteiger partial charge is 0.486 e. The van der Waals surface area contributed by atoms with E-state index in [0.717, 1.165) is 22.0 Å². The van der Waals surface area contributed by atoms with Gasteiger partial charge in [0.25, 0.3) is 5.91 Å². The summed E-state index contributed by atoms with van der Waals surface area (Å²) in [6.07, 6.45) is 0. The summed E-state index contributed by atoms with van der Waals surface area (Å²) in [6.45, 7) is 4.68. The van der Waals surface area contributed by atoms with Gasteiger partial charge in [-0.3, -0.25) is 10.1 Å². The summed E-state index contributed by atoms with van der Waals surface area (Å²) in [5, 5.41) is 5.04. The molecule has 128 valence electrons. The Labute approximate surface area is 147 Å². The number of rotatable bonds is 3. The summed E-state index contributed by atoms with van der Waals surface area (Å²) in [5.74, 6) is 1.72. The highest BCUT2D eigenvalue weighted by atomic mass is 32.1. The third-order valence-corrected chi connectivity index (χ3v) is 4.67. The predicted octanol–water partition coefficient (Wildman–Crippen LogP) is 3.44. The molecule has 0 saturated carbocycles. The minimum Gasteiger partial charge on any atom is -0.486 e. The van der Waals surface area contributed by atoms with Crippen LogP contribution < -0.4 is 14.8 Å². The van der Waals surface area contributed by atoms with Crippen molar-refractivity contribution in [1.29, 1.82) is 0 Å². The topological polar surface area (TPSA) is 86.5 Å². The molecule has 0 saturated heterocycles. The first kappa shape index (κ1) is 15.6. The fourth-order valence-corrected chi connectivity index (χ4v) is 3.17. The van der Waals surface area contributed by atoms with Crippen LogP contribution in [0, 0.1) is 13.8 Å². The average molecular weight is 357 g/mol. The van der Waals surface area contributed by atoms with Crippen molar-refractivity contribution in [3.63, 3.8) is 0 Å². The van der Waals surface area contributed by atoms with Crippen LogP contribution in [-0.2, 0) is 0 Å². The monoisotopic (exact) mass is 357 g/mol. The van der Waals surface area contributed by atoms with E-state index >= 15 is 0 Å². The van der Waals surface area contributed by atoms with Gasteiger partial charge in [-0.15, -0.1) is 11.3 Å². The van der Waals surface area contributed by atoms with Gasteiger partial charge < -0.3 is 13.9 Å². The number of oxazole rings is 1. The molecule has 0 aliphatic carbocycles. The van der Waals surface area contributed by atoms with E-state index in [1.54, 1.807) is 12.3 Å². The van der Waals surface area contributed by atoms with Gasteiger partial charge in [0, 0.05) is 10.9 Å². The van der Waals surface area contributed by atoms with E-state index in [9.17, 15) is 4.79 Å². The number of fused-ring (bicyclic) bond motifs is 1. The molecule has 8 heteroatoms. The van der Waals surface area contributed by atoms with Gasteiger partial charge >= 0.3 is 6.01 Å². The Morgan fingerprint density at radius 3 is 2.72 bits per heavy atom. The number of nitrogens with zero attached hydrogens (tertiary/aromatic N) is 2. The van der Waals surface area contributed by atoms with Gasteiger partial charge in [0.2, 0.25) is 0 Å². The van der Waals surface area contributed by atoms with Crippen LogP contribution in [0.25, 0.3) is 10.6 Å². The molecule has 2 aromatic heterocycles. The molecule has 25 heavy (non-hydrogen) atoms. The van der Waals surface area contributed by atoms with Crippen molar-refractivity contribution in [3.8, 4) is 22.1 Å². The molecule has 1 aromatic carbocycles. The van der Waals surface area contributed by atoms with Gasteiger partial charge in [-0.1, -0.05) is 0 Å². The van der Waals surface area contributed by atoms with Crippen LogP contribution in [0.15, 0.2) is 28.0 Å². The summed E-state index contributed by atoms with van der Waals surface area (Å²) >= 11 is 1.38. The normalized spacial score (nSPS) is 12.9. The number of aryl methyl sites for hydroxylation is 2. The number of benzene rings is 1. The minimum atomic E-state index is -0.360. The van der Waals surface area contributed by atoms with E-state index in [1.165, 1.54) is 11.3 Å². The van der Waals surface area contributed by atoms with Crippen LogP contribution in [0.4, 0.5) is 6.01 Å². The molecule has 3 heterocycles. The second-order valence-corrected chi connectivity index (χ2v) is 6.37. The molecule has 4 rings (SSSR count). The lowest BCUT2D eigenvalue weighted by Crippen LogP contribution is -2.15. The Hall–Kier alpha value is -2.87. The number of amides is 1. The molecule has 1 amide bonds. The van der Waals surface area contributed by atoms with Crippen molar-refractivity contribution in [3.05, 3.63) is 40.7 Å². The van der Waals surface area contributed by atoms with Crippen molar-refractivity contribution >= 4 is 23.3 Å². The van der Waals surface area contributed by atoms with Gasteiger partial charge in [0.05, 0.1) is 5.69 Å². The molecule has 0 unspecified atom stereocenters. The van der Waals surface area contributed by atoms with Crippen molar-refractivity contribution in [2.75, 3.05) is 18.5 Å². The predicted molar refractivity (Wildman–Crippen MR) is 92.5 cm³/mol. The fraction of sp³-hybridized carbons (Fsp3) is 0.235. The van der Waals surface area contributed by atoms with E-state index in [4.69, 9.17) is 13.9 Å². The Balaban J connectivity index is 1.54. The lowest BCUT2D eigenvalue weighted by atomic mass is 10.2. The summed E-state index contributed by atoms with van der Waals surface area (Å²) < 4.78 is 16.5.